The number of carbonyl (C=O) groups is 1. The lowest BCUT2D eigenvalue weighted by Crippen LogP contribution is -2.04. The van der Waals surface area contributed by atoms with E-state index in [1.165, 1.54) is 18.9 Å². The third-order valence-corrected chi connectivity index (χ3v) is 3.03. The second-order valence-corrected chi connectivity index (χ2v) is 4.21. The Morgan fingerprint density at radius 3 is 2.78 bits per heavy atom. The number of aromatic amines is 1. The highest BCUT2D eigenvalue weighted by molar-refractivity contribution is 7.98. The van der Waals surface area contributed by atoms with E-state index in [4.69, 9.17) is 5.73 Å². The first kappa shape index (κ1) is 12.5. The fourth-order valence-electron chi connectivity index (χ4n) is 1.63. The van der Waals surface area contributed by atoms with Crippen LogP contribution in [0.15, 0.2) is 5.16 Å². The summed E-state index contributed by atoms with van der Waals surface area (Å²) in [5.41, 5.74) is 6.91. The van der Waals surface area contributed by atoms with Crippen molar-refractivity contribution in [1.29, 1.82) is 0 Å². The quantitative estimate of drug-likeness (QED) is 0.434. The first-order valence-electron chi connectivity index (χ1n) is 5.11. The van der Waals surface area contributed by atoms with E-state index in [1.54, 1.807) is 7.05 Å². The number of aromatic nitrogens is 3. The van der Waals surface area contributed by atoms with Crippen LogP contribution in [0.2, 0.25) is 0 Å². The SMILES string of the molecule is CNc1nc(SC)nc2[nH]c(C(=O)OC)c(N)c12. The molecule has 0 unspecified atom stereocenters. The third kappa shape index (κ3) is 1.84. The van der Waals surface area contributed by atoms with Gasteiger partial charge in [-0.1, -0.05) is 11.8 Å². The van der Waals surface area contributed by atoms with Gasteiger partial charge in [0.2, 0.25) is 0 Å². The summed E-state index contributed by atoms with van der Waals surface area (Å²) in [5, 5.41) is 4.12. The third-order valence-electron chi connectivity index (χ3n) is 2.48. The Balaban J connectivity index is 2.74. The lowest BCUT2D eigenvalue weighted by Gasteiger charge is -2.03. The van der Waals surface area contributed by atoms with Gasteiger partial charge in [-0.25, -0.2) is 14.8 Å². The molecular formula is C10H13N5O2S. The summed E-state index contributed by atoms with van der Waals surface area (Å²) in [7, 11) is 3.03. The van der Waals surface area contributed by atoms with Crippen molar-refractivity contribution in [1.82, 2.24) is 15.0 Å². The van der Waals surface area contributed by atoms with E-state index in [0.29, 0.717) is 22.0 Å². The second kappa shape index (κ2) is 4.73. The van der Waals surface area contributed by atoms with E-state index in [1.807, 2.05) is 6.26 Å². The van der Waals surface area contributed by atoms with Crippen molar-refractivity contribution in [2.75, 3.05) is 31.5 Å². The predicted octanol–water partition coefficient (Wildman–Crippen LogP) is 1.09. The molecule has 2 heterocycles. The molecule has 0 saturated carbocycles. The highest BCUT2D eigenvalue weighted by atomic mass is 32.2. The van der Waals surface area contributed by atoms with E-state index in [9.17, 15) is 4.79 Å². The van der Waals surface area contributed by atoms with Crippen LogP contribution in [0.25, 0.3) is 11.0 Å². The Labute approximate surface area is 108 Å². The summed E-state index contributed by atoms with van der Waals surface area (Å²) in [4.78, 5) is 23.0. The average molecular weight is 267 g/mol. The van der Waals surface area contributed by atoms with Crippen LogP contribution in [-0.2, 0) is 4.74 Å². The number of anilines is 2. The number of nitrogens with two attached hydrogens (primary N) is 1. The van der Waals surface area contributed by atoms with Gasteiger partial charge in [-0.3, -0.25) is 0 Å². The maximum Gasteiger partial charge on any atom is 0.356 e. The number of thioether (sulfide) groups is 1. The number of ether oxygens (including phenoxy) is 1. The normalized spacial score (nSPS) is 10.6. The standard InChI is InChI=1S/C10H13N5O2S/c1-12-7-4-5(11)6(9(16)17-2)13-8(4)15-10(14-7)18-3/h11H2,1-3H3,(H2,12,13,14,15). The fourth-order valence-corrected chi connectivity index (χ4v) is 2.00. The van der Waals surface area contributed by atoms with Gasteiger partial charge in [0.1, 0.15) is 11.5 Å². The van der Waals surface area contributed by atoms with Gasteiger partial charge in [0.25, 0.3) is 0 Å². The number of nitrogens with one attached hydrogen (secondary N) is 2. The predicted molar refractivity (Wildman–Crippen MR) is 71.0 cm³/mol. The Bertz CT molecular complexity index is 610. The van der Waals surface area contributed by atoms with Crippen LogP contribution >= 0.6 is 11.8 Å². The number of fused-ring (bicyclic) bond motifs is 1. The second-order valence-electron chi connectivity index (χ2n) is 3.44. The molecule has 0 aromatic carbocycles. The number of rotatable bonds is 3. The molecule has 0 bridgehead atoms. The fraction of sp³-hybridized carbons (Fsp3) is 0.300. The zero-order chi connectivity index (χ0) is 13.3. The van der Waals surface area contributed by atoms with Crippen LogP contribution in [0.5, 0.6) is 0 Å². The van der Waals surface area contributed by atoms with Gasteiger partial charge in [0.15, 0.2) is 10.9 Å². The van der Waals surface area contributed by atoms with Crippen molar-refractivity contribution in [2.24, 2.45) is 0 Å². The lowest BCUT2D eigenvalue weighted by molar-refractivity contribution is 0.0596. The van der Waals surface area contributed by atoms with Gasteiger partial charge in [-0.2, -0.15) is 0 Å². The molecule has 0 amide bonds. The number of H-pyrrole nitrogens is 1. The number of nitrogens with zero attached hydrogens (tertiary/aromatic N) is 2. The zero-order valence-corrected chi connectivity index (χ0v) is 11.0. The molecule has 0 atom stereocenters. The minimum Gasteiger partial charge on any atom is -0.464 e. The largest absolute Gasteiger partial charge is 0.464 e. The Morgan fingerprint density at radius 1 is 1.50 bits per heavy atom. The molecule has 0 aliphatic heterocycles. The first-order chi connectivity index (χ1) is 8.62. The molecule has 8 heteroatoms. The van der Waals surface area contributed by atoms with Crippen LogP contribution in [0.3, 0.4) is 0 Å². The van der Waals surface area contributed by atoms with Gasteiger partial charge < -0.3 is 20.8 Å². The van der Waals surface area contributed by atoms with E-state index in [-0.39, 0.29) is 11.4 Å². The van der Waals surface area contributed by atoms with Gasteiger partial charge >= 0.3 is 5.97 Å². The number of methoxy groups -OCH3 is 1. The van der Waals surface area contributed by atoms with Crippen molar-refractivity contribution in [3.8, 4) is 0 Å². The summed E-state index contributed by atoms with van der Waals surface area (Å²) < 4.78 is 4.65. The number of hydrogen-bond donors (Lipinski definition) is 3. The van der Waals surface area contributed by atoms with Crippen molar-refractivity contribution >= 4 is 40.3 Å². The molecule has 7 nitrogen and oxygen atoms in total. The Morgan fingerprint density at radius 2 is 2.22 bits per heavy atom. The van der Waals surface area contributed by atoms with Crippen LogP contribution in [0.4, 0.5) is 11.5 Å². The number of nitrogen functional groups attached to an aromatic ring is 1. The number of hydrogen-bond acceptors (Lipinski definition) is 7. The van der Waals surface area contributed by atoms with E-state index >= 15 is 0 Å². The minimum atomic E-state index is -0.529. The molecule has 2 rings (SSSR count). The van der Waals surface area contributed by atoms with Crippen LogP contribution < -0.4 is 11.1 Å². The average Bonchev–Trinajstić information content (AvgIpc) is 2.74. The maximum atomic E-state index is 11.6. The van der Waals surface area contributed by atoms with Gasteiger partial charge in [0.05, 0.1) is 18.2 Å². The zero-order valence-electron chi connectivity index (χ0n) is 10.2. The van der Waals surface area contributed by atoms with Crippen molar-refractivity contribution in [3.05, 3.63) is 5.69 Å². The maximum absolute atomic E-state index is 11.6. The number of carbonyl (C=O) groups excluding carboxylic acids is 1. The first-order valence-corrected chi connectivity index (χ1v) is 6.34. The minimum absolute atomic E-state index is 0.191. The molecule has 0 saturated heterocycles. The molecule has 0 fully saturated rings. The molecule has 0 aliphatic rings. The van der Waals surface area contributed by atoms with E-state index < -0.39 is 5.97 Å². The summed E-state index contributed by atoms with van der Waals surface area (Å²) >= 11 is 1.40. The van der Waals surface area contributed by atoms with Crippen LogP contribution in [0, 0.1) is 0 Å². The number of esters is 1. The molecule has 2 aromatic heterocycles. The summed E-state index contributed by atoms with van der Waals surface area (Å²) in [6.07, 6.45) is 1.87. The molecule has 18 heavy (non-hydrogen) atoms. The molecular weight excluding hydrogens is 254 g/mol. The highest BCUT2D eigenvalue weighted by Gasteiger charge is 2.20. The molecule has 0 radical (unpaired) electrons. The van der Waals surface area contributed by atoms with Crippen LogP contribution in [-0.4, -0.2) is 41.3 Å². The summed E-state index contributed by atoms with van der Waals surface area (Å²) in [6.45, 7) is 0. The van der Waals surface area contributed by atoms with Gasteiger partial charge in [0, 0.05) is 7.05 Å². The Hall–Kier alpha value is -1.96. The summed E-state index contributed by atoms with van der Waals surface area (Å²) in [6, 6.07) is 0. The van der Waals surface area contributed by atoms with Crippen molar-refractivity contribution in [3.63, 3.8) is 0 Å². The van der Waals surface area contributed by atoms with Crippen LogP contribution in [0.1, 0.15) is 10.5 Å². The Kier molecular flexibility index (Phi) is 3.28. The monoisotopic (exact) mass is 267 g/mol. The molecule has 0 aliphatic carbocycles. The van der Waals surface area contributed by atoms with Gasteiger partial charge in [-0.15, -0.1) is 0 Å². The van der Waals surface area contributed by atoms with Gasteiger partial charge in [-0.05, 0) is 6.26 Å². The molecule has 4 N–H and O–H groups in total. The van der Waals surface area contributed by atoms with Crippen molar-refractivity contribution < 1.29 is 9.53 Å². The smallest absolute Gasteiger partial charge is 0.356 e. The van der Waals surface area contributed by atoms with Crippen molar-refractivity contribution in [2.45, 2.75) is 5.16 Å². The highest BCUT2D eigenvalue weighted by Crippen LogP contribution is 2.31. The van der Waals surface area contributed by atoms with E-state index in [2.05, 4.69) is 25.0 Å². The molecule has 0 spiro atoms. The van der Waals surface area contributed by atoms with E-state index in [0.717, 1.165) is 0 Å². The molecule has 2 aromatic rings. The molecule has 96 valence electrons. The summed E-state index contributed by atoms with van der Waals surface area (Å²) in [5.74, 6) is 0.0477. The topological polar surface area (TPSA) is 106 Å². The lowest BCUT2D eigenvalue weighted by atomic mass is 10.3.